The molecule has 1 unspecified atom stereocenters. The van der Waals surface area contributed by atoms with Crippen molar-refractivity contribution in [3.63, 3.8) is 0 Å². The predicted molar refractivity (Wildman–Crippen MR) is 68.2 cm³/mol. The van der Waals surface area contributed by atoms with Gasteiger partial charge in [0, 0.05) is 24.9 Å². The normalized spacial score (nSPS) is 20.1. The summed E-state index contributed by atoms with van der Waals surface area (Å²) in [6, 6.07) is 0. The van der Waals surface area contributed by atoms with E-state index in [1.165, 1.54) is 17.5 Å². The van der Waals surface area contributed by atoms with Crippen LogP contribution in [0.2, 0.25) is 0 Å². The van der Waals surface area contributed by atoms with Gasteiger partial charge < -0.3 is 14.8 Å². The molecule has 96 valence electrons. The number of aliphatic hydroxyl groups excluding tert-OH is 1. The van der Waals surface area contributed by atoms with Crippen LogP contribution >= 0.6 is 0 Å². The zero-order valence-electron chi connectivity index (χ0n) is 11.3. The van der Waals surface area contributed by atoms with Crippen molar-refractivity contribution >= 4 is 0 Å². The second-order valence-corrected chi connectivity index (χ2v) is 5.37. The molecule has 0 bridgehead atoms. The summed E-state index contributed by atoms with van der Waals surface area (Å²) in [7, 11) is 1.75. The quantitative estimate of drug-likeness (QED) is 0.845. The Bertz CT molecular complexity index is 399. The average Bonchev–Trinajstić information content (AvgIpc) is 2.51. The van der Waals surface area contributed by atoms with E-state index in [0.717, 1.165) is 24.2 Å². The van der Waals surface area contributed by atoms with E-state index in [4.69, 9.17) is 4.74 Å². The van der Waals surface area contributed by atoms with Crippen molar-refractivity contribution in [3.8, 4) is 0 Å². The number of aromatic amines is 1. The first-order valence-electron chi connectivity index (χ1n) is 6.38. The molecule has 0 aromatic carbocycles. The molecule has 0 spiro atoms. The highest BCUT2D eigenvalue weighted by Crippen LogP contribution is 2.42. The van der Waals surface area contributed by atoms with Gasteiger partial charge in [-0.25, -0.2) is 0 Å². The lowest BCUT2D eigenvalue weighted by Gasteiger charge is -2.41. The molecule has 2 N–H and O–H groups in total. The van der Waals surface area contributed by atoms with Crippen molar-refractivity contribution in [1.29, 1.82) is 0 Å². The Kier molecular flexibility index (Phi) is 3.32. The summed E-state index contributed by atoms with van der Waals surface area (Å²) in [5.41, 5.74) is 4.46. The first-order valence-corrected chi connectivity index (χ1v) is 6.38. The Morgan fingerprint density at radius 1 is 1.29 bits per heavy atom. The SMILES string of the molecule is COC1(CC(O)c2[nH]c(C)c(C)c2C)CCC1. The lowest BCUT2D eigenvalue weighted by Crippen LogP contribution is -2.40. The van der Waals surface area contributed by atoms with Gasteiger partial charge >= 0.3 is 0 Å². The summed E-state index contributed by atoms with van der Waals surface area (Å²) in [6.45, 7) is 6.21. The van der Waals surface area contributed by atoms with Gasteiger partial charge in [0.15, 0.2) is 0 Å². The third kappa shape index (κ3) is 2.14. The van der Waals surface area contributed by atoms with Crippen LogP contribution in [0.25, 0.3) is 0 Å². The Morgan fingerprint density at radius 2 is 1.94 bits per heavy atom. The van der Waals surface area contributed by atoms with Gasteiger partial charge in [0.2, 0.25) is 0 Å². The molecule has 1 fully saturated rings. The van der Waals surface area contributed by atoms with Gasteiger partial charge in [0.1, 0.15) is 0 Å². The van der Waals surface area contributed by atoms with E-state index in [9.17, 15) is 5.11 Å². The van der Waals surface area contributed by atoms with Gasteiger partial charge in [-0.2, -0.15) is 0 Å². The van der Waals surface area contributed by atoms with Crippen LogP contribution in [0, 0.1) is 20.8 Å². The molecule has 0 saturated heterocycles. The molecule has 1 saturated carbocycles. The molecule has 17 heavy (non-hydrogen) atoms. The molecule has 1 heterocycles. The molecule has 0 aliphatic heterocycles. The second kappa shape index (κ2) is 4.46. The van der Waals surface area contributed by atoms with Crippen molar-refractivity contribution in [2.45, 2.75) is 58.2 Å². The van der Waals surface area contributed by atoms with E-state index < -0.39 is 6.10 Å². The second-order valence-electron chi connectivity index (χ2n) is 5.37. The van der Waals surface area contributed by atoms with Crippen LogP contribution in [0.15, 0.2) is 0 Å². The third-order valence-corrected chi connectivity index (χ3v) is 4.45. The number of hydrogen-bond donors (Lipinski definition) is 2. The summed E-state index contributed by atoms with van der Waals surface area (Å²) >= 11 is 0. The van der Waals surface area contributed by atoms with Crippen LogP contribution in [-0.4, -0.2) is 22.8 Å². The molecule has 1 aromatic rings. The standard InChI is InChI=1S/C14H23NO2/c1-9-10(2)13(15-11(9)3)12(16)8-14(17-4)6-5-7-14/h12,15-16H,5-8H2,1-4H3. The monoisotopic (exact) mass is 237 g/mol. The summed E-state index contributed by atoms with van der Waals surface area (Å²) in [5, 5.41) is 10.4. The number of ether oxygens (including phenoxy) is 1. The summed E-state index contributed by atoms with van der Waals surface area (Å²) in [4.78, 5) is 3.30. The number of nitrogens with one attached hydrogen (secondary N) is 1. The van der Waals surface area contributed by atoms with Gasteiger partial charge in [-0.05, 0) is 51.2 Å². The molecule has 1 aliphatic rings. The number of H-pyrrole nitrogens is 1. The number of methoxy groups -OCH3 is 1. The smallest absolute Gasteiger partial charge is 0.0967 e. The van der Waals surface area contributed by atoms with E-state index >= 15 is 0 Å². The van der Waals surface area contributed by atoms with Crippen molar-refractivity contribution in [2.75, 3.05) is 7.11 Å². The first kappa shape index (κ1) is 12.7. The molecule has 2 rings (SSSR count). The van der Waals surface area contributed by atoms with E-state index in [1.54, 1.807) is 7.11 Å². The fraction of sp³-hybridized carbons (Fsp3) is 0.714. The van der Waals surface area contributed by atoms with E-state index in [-0.39, 0.29) is 5.60 Å². The largest absolute Gasteiger partial charge is 0.387 e. The minimum Gasteiger partial charge on any atom is -0.387 e. The van der Waals surface area contributed by atoms with Crippen molar-refractivity contribution in [2.24, 2.45) is 0 Å². The highest BCUT2D eigenvalue weighted by molar-refractivity contribution is 5.35. The predicted octanol–water partition coefficient (Wildman–Crippen LogP) is 2.93. The molecular formula is C14H23NO2. The lowest BCUT2D eigenvalue weighted by molar-refractivity contribution is -0.100. The van der Waals surface area contributed by atoms with Gasteiger partial charge in [-0.1, -0.05) is 0 Å². The molecule has 0 amide bonds. The van der Waals surface area contributed by atoms with Crippen LogP contribution in [0.5, 0.6) is 0 Å². The molecule has 0 radical (unpaired) electrons. The van der Waals surface area contributed by atoms with Crippen LogP contribution in [-0.2, 0) is 4.74 Å². The highest BCUT2D eigenvalue weighted by Gasteiger charge is 2.39. The maximum Gasteiger partial charge on any atom is 0.0967 e. The molecule has 3 nitrogen and oxygen atoms in total. The number of aryl methyl sites for hydroxylation is 1. The van der Waals surface area contributed by atoms with Gasteiger partial charge in [-0.15, -0.1) is 0 Å². The van der Waals surface area contributed by atoms with Crippen molar-refractivity contribution < 1.29 is 9.84 Å². The average molecular weight is 237 g/mol. The van der Waals surface area contributed by atoms with Gasteiger partial charge in [-0.3, -0.25) is 0 Å². The van der Waals surface area contributed by atoms with Crippen LogP contribution < -0.4 is 0 Å². The zero-order valence-corrected chi connectivity index (χ0v) is 11.3. The zero-order chi connectivity index (χ0) is 12.6. The molecule has 1 aromatic heterocycles. The number of hydrogen-bond acceptors (Lipinski definition) is 2. The molecule has 1 atom stereocenters. The van der Waals surface area contributed by atoms with Crippen molar-refractivity contribution in [1.82, 2.24) is 4.98 Å². The van der Waals surface area contributed by atoms with E-state index in [0.29, 0.717) is 6.42 Å². The first-order chi connectivity index (χ1) is 7.99. The Labute approximate surface area is 103 Å². The maximum atomic E-state index is 10.4. The maximum absolute atomic E-state index is 10.4. The highest BCUT2D eigenvalue weighted by atomic mass is 16.5. The molecule has 3 heteroatoms. The van der Waals surface area contributed by atoms with Crippen molar-refractivity contribution in [3.05, 3.63) is 22.5 Å². The summed E-state index contributed by atoms with van der Waals surface area (Å²) in [6.07, 6.45) is 3.60. The van der Waals surface area contributed by atoms with E-state index in [1.807, 2.05) is 6.92 Å². The topological polar surface area (TPSA) is 45.2 Å². The Hall–Kier alpha value is -0.800. The number of aromatic nitrogens is 1. The van der Waals surface area contributed by atoms with Crippen LogP contribution in [0.3, 0.4) is 0 Å². The number of aliphatic hydroxyl groups is 1. The molecule has 1 aliphatic carbocycles. The van der Waals surface area contributed by atoms with Gasteiger partial charge in [0.05, 0.1) is 11.7 Å². The molecular weight excluding hydrogens is 214 g/mol. The Morgan fingerprint density at radius 3 is 2.29 bits per heavy atom. The van der Waals surface area contributed by atoms with Crippen LogP contribution in [0.4, 0.5) is 0 Å². The van der Waals surface area contributed by atoms with E-state index in [2.05, 4.69) is 18.8 Å². The fourth-order valence-corrected chi connectivity index (χ4v) is 2.72. The van der Waals surface area contributed by atoms with Crippen LogP contribution in [0.1, 0.15) is 54.3 Å². The number of rotatable bonds is 4. The minimum atomic E-state index is -0.442. The summed E-state index contributed by atoms with van der Waals surface area (Å²) in [5.74, 6) is 0. The lowest BCUT2D eigenvalue weighted by atomic mass is 9.75. The Balaban J connectivity index is 2.14. The van der Waals surface area contributed by atoms with Gasteiger partial charge in [0.25, 0.3) is 0 Å². The third-order valence-electron chi connectivity index (χ3n) is 4.45. The minimum absolute atomic E-state index is 0.0845. The fourth-order valence-electron chi connectivity index (χ4n) is 2.72. The summed E-state index contributed by atoms with van der Waals surface area (Å²) < 4.78 is 5.57.